The molecule has 146 valence electrons. The van der Waals surface area contributed by atoms with E-state index in [0.717, 1.165) is 5.56 Å². The molecule has 0 fully saturated rings. The molecule has 2 rings (SSSR count). The Hall–Kier alpha value is -2.44. The number of likely N-dealkylation sites (N-methyl/N-ethyl adjacent to an activating group) is 1. The predicted octanol–water partition coefficient (Wildman–Crippen LogP) is 3.40. The van der Waals surface area contributed by atoms with E-state index >= 15 is 0 Å². The number of ether oxygens (including phenoxy) is 3. The number of carbonyl (C=O) groups is 1. The largest absolute Gasteiger partial charge is 0.493 e. The average Bonchev–Trinajstić information content (AvgIpc) is 2.67. The maximum Gasteiger partial charge on any atom is 0.255 e. The monoisotopic (exact) mass is 392 g/mol. The minimum absolute atomic E-state index is 0.0752. The number of rotatable bonds is 8. The maximum atomic E-state index is 12.8. The summed E-state index contributed by atoms with van der Waals surface area (Å²) in [5.74, 6) is 0.927. The Labute approximate surface area is 165 Å². The lowest BCUT2D eigenvalue weighted by molar-refractivity contribution is 0.0938. The summed E-state index contributed by atoms with van der Waals surface area (Å²) in [5, 5.41) is 3.62. The van der Waals surface area contributed by atoms with Crippen molar-refractivity contribution in [3.63, 3.8) is 0 Å². The molecule has 0 saturated carbocycles. The van der Waals surface area contributed by atoms with E-state index in [1.807, 2.05) is 43.3 Å². The van der Waals surface area contributed by atoms with Gasteiger partial charge >= 0.3 is 0 Å². The second kappa shape index (κ2) is 9.48. The van der Waals surface area contributed by atoms with E-state index in [-0.39, 0.29) is 11.9 Å². The molecule has 1 atom stereocenters. The first-order valence-corrected chi connectivity index (χ1v) is 8.80. The van der Waals surface area contributed by atoms with Gasteiger partial charge in [-0.25, -0.2) is 0 Å². The van der Waals surface area contributed by atoms with Crippen molar-refractivity contribution >= 4 is 17.5 Å². The number of nitrogens with zero attached hydrogens (tertiary/aromatic N) is 1. The Morgan fingerprint density at radius 2 is 1.70 bits per heavy atom. The van der Waals surface area contributed by atoms with Crippen molar-refractivity contribution in [3.8, 4) is 17.2 Å². The van der Waals surface area contributed by atoms with Crippen LogP contribution in [0.3, 0.4) is 0 Å². The summed E-state index contributed by atoms with van der Waals surface area (Å²) in [5.41, 5.74) is 1.32. The first kappa shape index (κ1) is 20.9. The van der Waals surface area contributed by atoms with Crippen molar-refractivity contribution < 1.29 is 19.0 Å². The molecule has 1 N–H and O–H groups in total. The molecule has 0 aliphatic carbocycles. The molecule has 0 heterocycles. The smallest absolute Gasteiger partial charge is 0.255 e. The average molecular weight is 393 g/mol. The van der Waals surface area contributed by atoms with Crippen LogP contribution in [0.15, 0.2) is 36.4 Å². The normalized spacial score (nSPS) is 11.8. The van der Waals surface area contributed by atoms with Gasteiger partial charge in [-0.15, -0.1) is 0 Å². The molecule has 2 aromatic rings. The third-order valence-corrected chi connectivity index (χ3v) is 4.64. The van der Waals surface area contributed by atoms with Crippen LogP contribution >= 0.6 is 11.6 Å². The minimum atomic E-state index is -0.272. The number of hydrogen-bond acceptors (Lipinski definition) is 5. The number of amides is 1. The highest BCUT2D eigenvalue weighted by Gasteiger charge is 2.23. The summed E-state index contributed by atoms with van der Waals surface area (Å²) < 4.78 is 16.0. The standard InChI is InChI=1S/C20H25ClN2O4/c1-23(2)16(13-8-6-7-9-15(13)21)12-22-20(24)14-10-11-17(25-3)19(27-5)18(14)26-4/h6-11,16H,12H2,1-5H3,(H,22,24). The number of carbonyl (C=O) groups excluding carboxylic acids is 1. The van der Waals surface area contributed by atoms with Crippen molar-refractivity contribution in [2.24, 2.45) is 0 Å². The predicted molar refractivity (Wildman–Crippen MR) is 106 cm³/mol. The Kier molecular flexibility index (Phi) is 7.33. The van der Waals surface area contributed by atoms with Crippen LogP contribution in [-0.2, 0) is 0 Å². The second-order valence-corrected chi connectivity index (χ2v) is 6.50. The summed E-state index contributed by atoms with van der Waals surface area (Å²) in [7, 11) is 8.40. The summed E-state index contributed by atoms with van der Waals surface area (Å²) in [6.45, 7) is 0.382. The Morgan fingerprint density at radius 1 is 1.04 bits per heavy atom. The number of methoxy groups -OCH3 is 3. The summed E-state index contributed by atoms with van der Waals surface area (Å²) in [6.07, 6.45) is 0. The number of hydrogen-bond donors (Lipinski definition) is 1. The van der Waals surface area contributed by atoms with Gasteiger partial charge in [0.15, 0.2) is 11.5 Å². The molecule has 0 spiro atoms. The minimum Gasteiger partial charge on any atom is -0.493 e. The molecule has 0 bridgehead atoms. The van der Waals surface area contributed by atoms with Crippen LogP contribution in [0.2, 0.25) is 5.02 Å². The first-order chi connectivity index (χ1) is 12.9. The van der Waals surface area contributed by atoms with Gasteiger partial charge in [-0.05, 0) is 37.9 Å². The van der Waals surface area contributed by atoms with E-state index in [1.165, 1.54) is 21.3 Å². The molecule has 2 aromatic carbocycles. The van der Waals surface area contributed by atoms with E-state index < -0.39 is 0 Å². The molecule has 7 heteroatoms. The molecule has 0 aliphatic rings. The quantitative estimate of drug-likeness (QED) is 0.746. The van der Waals surface area contributed by atoms with Gasteiger partial charge in [0.1, 0.15) is 0 Å². The van der Waals surface area contributed by atoms with Crippen LogP contribution in [0.4, 0.5) is 0 Å². The fourth-order valence-corrected chi connectivity index (χ4v) is 3.14. The van der Waals surface area contributed by atoms with Crippen LogP contribution in [0.1, 0.15) is 22.0 Å². The first-order valence-electron chi connectivity index (χ1n) is 8.42. The Morgan fingerprint density at radius 3 is 2.26 bits per heavy atom. The van der Waals surface area contributed by atoms with Crippen LogP contribution in [-0.4, -0.2) is 52.8 Å². The van der Waals surface area contributed by atoms with Crippen molar-refractivity contribution in [1.29, 1.82) is 0 Å². The molecular weight excluding hydrogens is 368 g/mol. The molecule has 0 aliphatic heterocycles. The zero-order chi connectivity index (χ0) is 20.0. The molecule has 1 amide bonds. The second-order valence-electron chi connectivity index (χ2n) is 6.09. The van der Waals surface area contributed by atoms with E-state index in [0.29, 0.717) is 34.4 Å². The maximum absolute atomic E-state index is 12.8. The fourth-order valence-electron chi connectivity index (χ4n) is 2.88. The van der Waals surface area contributed by atoms with Crippen LogP contribution in [0, 0.1) is 0 Å². The molecule has 6 nitrogen and oxygen atoms in total. The lowest BCUT2D eigenvalue weighted by Crippen LogP contribution is -2.34. The lowest BCUT2D eigenvalue weighted by Gasteiger charge is -2.26. The highest BCUT2D eigenvalue weighted by Crippen LogP contribution is 2.39. The third-order valence-electron chi connectivity index (χ3n) is 4.29. The van der Waals surface area contributed by atoms with Gasteiger partial charge in [0.25, 0.3) is 5.91 Å². The SMILES string of the molecule is COc1ccc(C(=O)NCC(c2ccccc2Cl)N(C)C)c(OC)c1OC. The van der Waals surface area contributed by atoms with E-state index in [2.05, 4.69) is 5.32 Å². The van der Waals surface area contributed by atoms with Gasteiger partial charge in [-0.2, -0.15) is 0 Å². The fraction of sp³-hybridized carbons (Fsp3) is 0.350. The molecule has 0 aromatic heterocycles. The van der Waals surface area contributed by atoms with Gasteiger partial charge in [-0.3, -0.25) is 4.79 Å². The van der Waals surface area contributed by atoms with E-state index in [1.54, 1.807) is 12.1 Å². The van der Waals surface area contributed by atoms with Gasteiger partial charge < -0.3 is 24.4 Å². The van der Waals surface area contributed by atoms with Crippen LogP contribution in [0.25, 0.3) is 0 Å². The number of halogens is 1. The Bertz CT molecular complexity index is 796. The molecular formula is C20H25ClN2O4. The zero-order valence-electron chi connectivity index (χ0n) is 16.2. The van der Waals surface area contributed by atoms with Gasteiger partial charge in [0.2, 0.25) is 5.75 Å². The van der Waals surface area contributed by atoms with E-state index in [9.17, 15) is 4.79 Å². The van der Waals surface area contributed by atoms with Gasteiger partial charge in [0.05, 0.1) is 32.9 Å². The van der Waals surface area contributed by atoms with Crippen LogP contribution in [0.5, 0.6) is 17.2 Å². The van der Waals surface area contributed by atoms with E-state index in [4.69, 9.17) is 25.8 Å². The highest BCUT2D eigenvalue weighted by molar-refractivity contribution is 6.31. The highest BCUT2D eigenvalue weighted by atomic mass is 35.5. The third kappa shape index (κ3) is 4.64. The lowest BCUT2D eigenvalue weighted by atomic mass is 10.1. The molecule has 27 heavy (non-hydrogen) atoms. The molecule has 0 radical (unpaired) electrons. The van der Waals surface area contributed by atoms with Crippen molar-refractivity contribution in [2.45, 2.75) is 6.04 Å². The topological polar surface area (TPSA) is 60.0 Å². The van der Waals surface area contributed by atoms with Crippen molar-refractivity contribution in [1.82, 2.24) is 10.2 Å². The van der Waals surface area contributed by atoms with Gasteiger partial charge in [-0.1, -0.05) is 29.8 Å². The summed E-state index contributed by atoms with van der Waals surface area (Å²) >= 11 is 6.33. The summed E-state index contributed by atoms with van der Waals surface area (Å²) in [6, 6.07) is 10.9. The number of benzene rings is 2. The van der Waals surface area contributed by atoms with Crippen molar-refractivity contribution in [2.75, 3.05) is 42.0 Å². The molecule has 1 unspecified atom stereocenters. The van der Waals surface area contributed by atoms with Gasteiger partial charge in [0, 0.05) is 11.6 Å². The zero-order valence-corrected chi connectivity index (χ0v) is 17.0. The Balaban J connectivity index is 2.25. The summed E-state index contributed by atoms with van der Waals surface area (Å²) in [4.78, 5) is 14.8. The van der Waals surface area contributed by atoms with Crippen molar-refractivity contribution in [3.05, 3.63) is 52.5 Å². The number of nitrogens with one attached hydrogen (secondary N) is 1. The van der Waals surface area contributed by atoms with Crippen LogP contribution < -0.4 is 19.5 Å². The molecule has 0 saturated heterocycles.